The molecule has 2 rings (SSSR count). The average molecular weight is 324 g/mol. The highest BCUT2D eigenvalue weighted by Crippen LogP contribution is 2.35. The minimum atomic E-state index is -4.05. The van der Waals surface area contributed by atoms with Crippen LogP contribution in [0, 0.1) is 21.4 Å². The van der Waals surface area contributed by atoms with Crippen molar-refractivity contribution in [3.63, 3.8) is 0 Å². The molecule has 2 aromatic rings. The molecular formula is C11H8N4O4S2. The van der Waals surface area contributed by atoms with Crippen LogP contribution in [0.1, 0.15) is 5.56 Å². The Bertz CT molecular complexity index is 851. The zero-order valence-corrected chi connectivity index (χ0v) is 11.9. The van der Waals surface area contributed by atoms with E-state index < -0.39 is 20.6 Å². The topological polar surface area (TPSA) is 139 Å². The first-order valence-electron chi connectivity index (χ1n) is 5.41. The Balaban J connectivity index is 2.42. The maximum atomic E-state index is 12.2. The summed E-state index contributed by atoms with van der Waals surface area (Å²) in [5, 5.41) is 19.4. The summed E-state index contributed by atoms with van der Waals surface area (Å²) in [5.74, 6) is 0. The van der Waals surface area contributed by atoms with Crippen LogP contribution < -0.4 is 10.5 Å². The summed E-state index contributed by atoms with van der Waals surface area (Å²) in [7, 11) is -4.05. The molecule has 0 atom stereocenters. The first-order valence-corrected chi connectivity index (χ1v) is 7.71. The standard InChI is InChI=1S/C11H8N4O4S2/c12-6-7-3-1-2-4-8(7)14-21(18,19)10-5-9(15(16)17)11(13)20-10/h1-5,14H,13H2. The largest absolute Gasteiger partial charge is 0.385 e. The number of anilines is 2. The lowest BCUT2D eigenvalue weighted by molar-refractivity contribution is -0.383. The van der Waals surface area contributed by atoms with E-state index in [4.69, 9.17) is 11.0 Å². The molecule has 0 aliphatic rings. The van der Waals surface area contributed by atoms with Gasteiger partial charge in [0.05, 0.1) is 16.2 Å². The van der Waals surface area contributed by atoms with Crippen molar-refractivity contribution < 1.29 is 13.3 Å². The summed E-state index contributed by atoms with van der Waals surface area (Å²) in [6.45, 7) is 0. The van der Waals surface area contributed by atoms with E-state index in [1.807, 2.05) is 6.07 Å². The molecule has 0 amide bonds. The second kappa shape index (κ2) is 5.39. The van der Waals surface area contributed by atoms with Gasteiger partial charge in [0.25, 0.3) is 10.0 Å². The molecule has 1 heterocycles. The molecule has 21 heavy (non-hydrogen) atoms. The van der Waals surface area contributed by atoms with E-state index in [2.05, 4.69) is 4.72 Å². The number of hydrogen-bond donors (Lipinski definition) is 2. The summed E-state index contributed by atoms with van der Waals surface area (Å²) in [4.78, 5) is 9.94. The first kappa shape index (κ1) is 14.8. The van der Waals surface area contributed by atoms with Crippen molar-refractivity contribution in [2.24, 2.45) is 0 Å². The zero-order chi connectivity index (χ0) is 15.6. The molecule has 10 heteroatoms. The van der Waals surface area contributed by atoms with Crippen LogP contribution in [0.4, 0.5) is 16.4 Å². The number of thiophene rings is 1. The maximum Gasteiger partial charge on any atom is 0.304 e. The van der Waals surface area contributed by atoms with Crippen molar-refractivity contribution in [1.82, 2.24) is 0 Å². The fourth-order valence-electron chi connectivity index (χ4n) is 1.51. The Hall–Kier alpha value is -2.64. The fourth-order valence-corrected chi connectivity index (χ4v) is 3.81. The number of nitriles is 1. The molecule has 0 bridgehead atoms. The Labute approximate surface area is 123 Å². The lowest BCUT2D eigenvalue weighted by Crippen LogP contribution is -2.12. The van der Waals surface area contributed by atoms with Gasteiger partial charge in [-0.1, -0.05) is 23.5 Å². The third-order valence-corrected chi connectivity index (χ3v) is 5.26. The van der Waals surface area contributed by atoms with Crippen LogP contribution >= 0.6 is 11.3 Å². The van der Waals surface area contributed by atoms with Crippen molar-refractivity contribution in [2.75, 3.05) is 10.5 Å². The lowest BCUT2D eigenvalue weighted by atomic mass is 10.2. The third kappa shape index (κ3) is 2.93. The van der Waals surface area contributed by atoms with Gasteiger partial charge in [-0.25, -0.2) is 8.42 Å². The van der Waals surface area contributed by atoms with E-state index in [-0.39, 0.29) is 20.5 Å². The van der Waals surface area contributed by atoms with Crippen molar-refractivity contribution in [3.05, 3.63) is 46.0 Å². The smallest absolute Gasteiger partial charge is 0.304 e. The highest BCUT2D eigenvalue weighted by molar-refractivity contribution is 7.94. The molecule has 0 radical (unpaired) electrons. The summed E-state index contributed by atoms with van der Waals surface area (Å²) >= 11 is 0.585. The second-order valence-corrected chi connectivity index (χ2v) is 6.83. The van der Waals surface area contributed by atoms with Gasteiger partial charge in [-0.15, -0.1) is 0 Å². The second-order valence-electron chi connectivity index (χ2n) is 3.83. The maximum absolute atomic E-state index is 12.2. The first-order chi connectivity index (χ1) is 9.85. The fraction of sp³-hybridized carbons (Fsp3) is 0. The molecule has 0 saturated heterocycles. The third-order valence-electron chi connectivity index (χ3n) is 2.47. The normalized spacial score (nSPS) is 10.8. The number of hydrogen-bond acceptors (Lipinski definition) is 7. The summed E-state index contributed by atoms with van der Waals surface area (Å²) in [6, 6.07) is 8.75. The van der Waals surface area contributed by atoms with Crippen LogP contribution in [0.25, 0.3) is 0 Å². The summed E-state index contributed by atoms with van der Waals surface area (Å²) < 4.78 is 26.3. The molecule has 3 N–H and O–H groups in total. The van der Waals surface area contributed by atoms with E-state index in [1.165, 1.54) is 12.1 Å². The molecule has 8 nitrogen and oxygen atoms in total. The van der Waals surface area contributed by atoms with Crippen LogP contribution in [-0.4, -0.2) is 13.3 Å². The number of nitrogens with one attached hydrogen (secondary N) is 1. The number of nitrogens with zero attached hydrogens (tertiary/aromatic N) is 2. The number of para-hydroxylation sites is 1. The van der Waals surface area contributed by atoms with Crippen molar-refractivity contribution >= 4 is 37.7 Å². The minimum absolute atomic E-state index is 0.0922. The van der Waals surface area contributed by atoms with Gasteiger partial charge in [-0.2, -0.15) is 5.26 Å². The van der Waals surface area contributed by atoms with Crippen molar-refractivity contribution in [2.45, 2.75) is 4.21 Å². The highest BCUT2D eigenvalue weighted by Gasteiger charge is 2.25. The van der Waals surface area contributed by atoms with Gasteiger partial charge in [-0.3, -0.25) is 14.8 Å². The molecule has 0 saturated carbocycles. The number of rotatable bonds is 4. The van der Waals surface area contributed by atoms with Gasteiger partial charge in [0.2, 0.25) is 0 Å². The number of sulfonamides is 1. The van der Waals surface area contributed by atoms with Crippen molar-refractivity contribution in [1.29, 1.82) is 5.26 Å². The molecule has 0 aliphatic carbocycles. The molecule has 0 spiro atoms. The zero-order valence-electron chi connectivity index (χ0n) is 10.3. The van der Waals surface area contributed by atoms with Gasteiger partial charge in [-0.05, 0) is 12.1 Å². The predicted molar refractivity (Wildman–Crippen MR) is 77.4 cm³/mol. The lowest BCUT2D eigenvalue weighted by Gasteiger charge is -2.06. The number of nitrogen functional groups attached to an aromatic ring is 1. The molecule has 1 aromatic heterocycles. The SMILES string of the molecule is N#Cc1ccccc1NS(=O)(=O)c1cc([N+](=O)[O-])c(N)s1. The Morgan fingerprint density at radius 3 is 2.62 bits per heavy atom. The Morgan fingerprint density at radius 1 is 1.38 bits per heavy atom. The summed E-state index contributed by atoms with van der Waals surface area (Å²) in [5.41, 5.74) is 5.19. The van der Waals surface area contributed by atoms with Gasteiger partial charge in [0, 0.05) is 6.07 Å². The minimum Gasteiger partial charge on any atom is -0.385 e. The predicted octanol–water partition coefficient (Wildman–Crippen LogP) is 1.91. The van der Waals surface area contributed by atoms with Gasteiger partial charge < -0.3 is 5.73 Å². The van der Waals surface area contributed by atoms with E-state index >= 15 is 0 Å². The summed E-state index contributed by atoms with van der Waals surface area (Å²) in [6.07, 6.45) is 0. The van der Waals surface area contributed by atoms with Crippen molar-refractivity contribution in [3.8, 4) is 6.07 Å². The van der Waals surface area contributed by atoms with Gasteiger partial charge >= 0.3 is 5.69 Å². The van der Waals surface area contributed by atoms with Crippen LogP contribution in [0.2, 0.25) is 0 Å². The number of nitro groups is 1. The molecule has 0 unspecified atom stereocenters. The molecular weight excluding hydrogens is 316 g/mol. The van der Waals surface area contributed by atoms with E-state index in [9.17, 15) is 18.5 Å². The quantitative estimate of drug-likeness (QED) is 0.650. The molecule has 0 aliphatic heterocycles. The monoisotopic (exact) mass is 324 g/mol. The van der Waals surface area contributed by atoms with Crippen LogP contribution in [0.15, 0.2) is 34.5 Å². The Kier molecular flexibility index (Phi) is 3.79. The highest BCUT2D eigenvalue weighted by atomic mass is 32.2. The van der Waals surface area contributed by atoms with E-state index in [0.29, 0.717) is 11.3 Å². The van der Waals surface area contributed by atoms with Gasteiger partial charge in [0.1, 0.15) is 10.3 Å². The van der Waals surface area contributed by atoms with Crippen LogP contribution in [0.5, 0.6) is 0 Å². The molecule has 0 fully saturated rings. The van der Waals surface area contributed by atoms with Crippen LogP contribution in [-0.2, 0) is 10.0 Å². The number of benzene rings is 1. The number of nitrogens with two attached hydrogens (primary N) is 1. The average Bonchev–Trinajstić information content (AvgIpc) is 2.82. The van der Waals surface area contributed by atoms with Gasteiger partial charge in [0.15, 0.2) is 5.00 Å². The van der Waals surface area contributed by atoms with E-state index in [1.54, 1.807) is 12.1 Å². The van der Waals surface area contributed by atoms with Crippen LogP contribution in [0.3, 0.4) is 0 Å². The van der Waals surface area contributed by atoms with E-state index in [0.717, 1.165) is 6.07 Å². The molecule has 1 aromatic carbocycles. The molecule has 108 valence electrons. The Morgan fingerprint density at radius 2 is 2.05 bits per heavy atom.